The van der Waals surface area contributed by atoms with E-state index < -0.39 is 0 Å². The van der Waals surface area contributed by atoms with Crippen molar-refractivity contribution in [3.63, 3.8) is 0 Å². The molecule has 2 aromatic carbocycles. The second-order valence-corrected chi connectivity index (χ2v) is 5.22. The molecule has 1 N–H and O–H groups in total. The SMILES string of the molecule is CCC(C)CCC(=O)c1ccc2cc(O)ccc2c1. The van der Waals surface area contributed by atoms with E-state index in [-0.39, 0.29) is 11.5 Å². The molecule has 2 nitrogen and oxygen atoms in total. The van der Waals surface area contributed by atoms with Gasteiger partial charge in [0.15, 0.2) is 5.78 Å². The molecule has 0 aliphatic carbocycles. The average molecular weight is 256 g/mol. The molecule has 0 bridgehead atoms. The van der Waals surface area contributed by atoms with E-state index in [1.165, 1.54) is 0 Å². The Hall–Kier alpha value is -1.83. The van der Waals surface area contributed by atoms with Gasteiger partial charge in [-0.1, -0.05) is 38.5 Å². The number of Topliss-reactive ketones (excluding diaryl/α,β-unsaturated/α-hetero) is 1. The van der Waals surface area contributed by atoms with Crippen molar-refractivity contribution in [2.45, 2.75) is 33.1 Å². The van der Waals surface area contributed by atoms with Gasteiger partial charge >= 0.3 is 0 Å². The standard InChI is InChI=1S/C17H20O2/c1-3-12(2)4-9-17(19)15-6-5-14-11-16(18)8-7-13(14)10-15/h5-8,10-12,18H,3-4,9H2,1-2H3. The van der Waals surface area contributed by atoms with Gasteiger partial charge in [0, 0.05) is 12.0 Å². The number of hydrogen-bond donors (Lipinski definition) is 1. The van der Waals surface area contributed by atoms with Gasteiger partial charge in [-0.15, -0.1) is 0 Å². The van der Waals surface area contributed by atoms with E-state index in [9.17, 15) is 9.90 Å². The van der Waals surface area contributed by atoms with Crippen LogP contribution in [-0.4, -0.2) is 10.9 Å². The number of fused-ring (bicyclic) bond motifs is 1. The summed E-state index contributed by atoms with van der Waals surface area (Å²) in [6.07, 6.45) is 2.67. The molecule has 2 aromatic rings. The summed E-state index contributed by atoms with van der Waals surface area (Å²) < 4.78 is 0. The normalized spacial score (nSPS) is 12.5. The third kappa shape index (κ3) is 3.34. The molecule has 2 heteroatoms. The molecule has 0 aromatic heterocycles. The van der Waals surface area contributed by atoms with Crippen molar-refractivity contribution >= 4 is 16.6 Å². The van der Waals surface area contributed by atoms with Gasteiger partial charge in [-0.2, -0.15) is 0 Å². The Kier molecular flexibility index (Phi) is 4.20. The van der Waals surface area contributed by atoms with Crippen molar-refractivity contribution in [2.75, 3.05) is 0 Å². The van der Waals surface area contributed by atoms with Crippen LogP contribution >= 0.6 is 0 Å². The first-order valence-corrected chi connectivity index (χ1v) is 6.86. The van der Waals surface area contributed by atoms with Gasteiger partial charge < -0.3 is 5.11 Å². The molecule has 0 radical (unpaired) electrons. The fourth-order valence-electron chi connectivity index (χ4n) is 2.13. The molecule has 1 atom stereocenters. The van der Waals surface area contributed by atoms with E-state index in [1.54, 1.807) is 12.1 Å². The highest BCUT2D eigenvalue weighted by atomic mass is 16.3. The van der Waals surface area contributed by atoms with Crippen molar-refractivity contribution in [3.05, 3.63) is 42.0 Å². The van der Waals surface area contributed by atoms with E-state index in [0.29, 0.717) is 12.3 Å². The van der Waals surface area contributed by atoms with Crippen LogP contribution in [0.15, 0.2) is 36.4 Å². The summed E-state index contributed by atoms with van der Waals surface area (Å²) in [5.41, 5.74) is 0.765. The smallest absolute Gasteiger partial charge is 0.162 e. The van der Waals surface area contributed by atoms with E-state index in [4.69, 9.17) is 0 Å². The first-order valence-electron chi connectivity index (χ1n) is 6.86. The Labute approximate surface area is 114 Å². The monoisotopic (exact) mass is 256 g/mol. The summed E-state index contributed by atoms with van der Waals surface area (Å²) in [5.74, 6) is 1.06. The highest BCUT2D eigenvalue weighted by Crippen LogP contribution is 2.22. The van der Waals surface area contributed by atoms with E-state index in [2.05, 4.69) is 13.8 Å². The summed E-state index contributed by atoms with van der Waals surface area (Å²) in [6.45, 7) is 4.33. The third-order valence-electron chi connectivity index (χ3n) is 3.71. The van der Waals surface area contributed by atoms with Gasteiger partial charge in [0.05, 0.1) is 0 Å². The lowest BCUT2D eigenvalue weighted by molar-refractivity contribution is 0.0974. The number of phenolic OH excluding ortho intramolecular Hbond substituents is 1. The number of benzene rings is 2. The summed E-state index contributed by atoms with van der Waals surface area (Å²) in [6, 6.07) is 10.9. The van der Waals surface area contributed by atoms with Gasteiger partial charge in [-0.3, -0.25) is 4.79 Å². The number of carbonyl (C=O) groups excluding carboxylic acids is 1. The molecular formula is C17H20O2. The molecule has 1 unspecified atom stereocenters. The van der Waals surface area contributed by atoms with Gasteiger partial charge in [0.2, 0.25) is 0 Å². The highest BCUT2D eigenvalue weighted by molar-refractivity contribution is 6.00. The van der Waals surface area contributed by atoms with Crippen LogP contribution in [0.3, 0.4) is 0 Å². The van der Waals surface area contributed by atoms with E-state index >= 15 is 0 Å². The summed E-state index contributed by atoms with van der Waals surface area (Å²) in [4.78, 5) is 12.1. The second-order valence-electron chi connectivity index (χ2n) is 5.22. The van der Waals surface area contributed by atoms with Crippen LogP contribution in [0.4, 0.5) is 0 Å². The van der Waals surface area contributed by atoms with Crippen molar-refractivity contribution in [2.24, 2.45) is 5.92 Å². The van der Waals surface area contributed by atoms with Crippen molar-refractivity contribution in [1.29, 1.82) is 0 Å². The quantitative estimate of drug-likeness (QED) is 0.796. The van der Waals surface area contributed by atoms with Crippen molar-refractivity contribution in [3.8, 4) is 5.75 Å². The molecule has 2 rings (SSSR count). The maximum Gasteiger partial charge on any atom is 0.162 e. The second kappa shape index (κ2) is 5.87. The molecule has 0 amide bonds. The molecule has 0 spiro atoms. The number of ketones is 1. The highest BCUT2D eigenvalue weighted by Gasteiger charge is 2.09. The number of carbonyl (C=O) groups is 1. The van der Waals surface area contributed by atoms with Gasteiger partial charge in [0.25, 0.3) is 0 Å². The zero-order valence-corrected chi connectivity index (χ0v) is 11.5. The van der Waals surface area contributed by atoms with Crippen LogP contribution in [0, 0.1) is 5.92 Å². The number of hydrogen-bond acceptors (Lipinski definition) is 2. The zero-order valence-electron chi connectivity index (χ0n) is 11.5. The Morgan fingerprint density at radius 3 is 2.58 bits per heavy atom. The van der Waals surface area contributed by atoms with E-state index in [0.717, 1.165) is 29.2 Å². The van der Waals surface area contributed by atoms with Crippen LogP contribution in [0.5, 0.6) is 5.75 Å². The maximum absolute atomic E-state index is 12.1. The van der Waals surface area contributed by atoms with Crippen molar-refractivity contribution < 1.29 is 9.90 Å². The lowest BCUT2D eigenvalue weighted by Crippen LogP contribution is -2.02. The Balaban J connectivity index is 2.16. The number of aromatic hydroxyl groups is 1. The van der Waals surface area contributed by atoms with Gasteiger partial charge in [0.1, 0.15) is 5.75 Å². The molecule has 0 aliphatic heterocycles. The Bertz CT molecular complexity index is 587. The lowest BCUT2D eigenvalue weighted by atomic mass is 9.97. The minimum atomic E-state index is 0.204. The van der Waals surface area contributed by atoms with E-state index in [1.807, 2.05) is 24.3 Å². The predicted octanol–water partition coefficient (Wildman–Crippen LogP) is 4.55. The zero-order chi connectivity index (χ0) is 13.8. The average Bonchev–Trinajstić information content (AvgIpc) is 2.43. The number of rotatable bonds is 5. The molecule has 0 heterocycles. The summed E-state index contributed by atoms with van der Waals surface area (Å²) in [5, 5.41) is 11.4. The van der Waals surface area contributed by atoms with Crippen LogP contribution in [0.25, 0.3) is 10.8 Å². The Morgan fingerprint density at radius 2 is 1.84 bits per heavy atom. The van der Waals surface area contributed by atoms with Gasteiger partial charge in [-0.25, -0.2) is 0 Å². The van der Waals surface area contributed by atoms with Gasteiger partial charge in [-0.05, 0) is 41.3 Å². The van der Waals surface area contributed by atoms with Crippen molar-refractivity contribution in [1.82, 2.24) is 0 Å². The largest absolute Gasteiger partial charge is 0.508 e. The maximum atomic E-state index is 12.1. The topological polar surface area (TPSA) is 37.3 Å². The Morgan fingerprint density at radius 1 is 1.16 bits per heavy atom. The number of phenols is 1. The molecule has 100 valence electrons. The van der Waals surface area contributed by atoms with Crippen LogP contribution in [0.2, 0.25) is 0 Å². The lowest BCUT2D eigenvalue weighted by Gasteiger charge is -2.08. The summed E-state index contributed by atoms with van der Waals surface area (Å²) in [7, 11) is 0. The fourth-order valence-corrected chi connectivity index (χ4v) is 2.13. The minimum Gasteiger partial charge on any atom is -0.508 e. The van der Waals surface area contributed by atoms with Crippen LogP contribution in [0.1, 0.15) is 43.5 Å². The molecule has 0 saturated carbocycles. The first kappa shape index (κ1) is 13.6. The van der Waals surface area contributed by atoms with Crippen LogP contribution < -0.4 is 0 Å². The third-order valence-corrected chi connectivity index (χ3v) is 3.71. The first-order chi connectivity index (χ1) is 9.10. The van der Waals surface area contributed by atoms with Crippen LogP contribution in [-0.2, 0) is 0 Å². The predicted molar refractivity (Wildman–Crippen MR) is 78.6 cm³/mol. The molecule has 0 saturated heterocycles. The molecular weight excluding hydrogens is 236 g/mol. The molecule has 19 heavy (non-hydrogen) atoms. The molecule has 0 fully saturated rings. The minimum absolute atomic E-state index is 0.204. The fraction of sp³-hybridized carbons (Fsp3) is 0.353. The molecule has 0 aliphatic rings. The summed E-state index contributed by atoms with van der Waals surface area (Å²) >= 11 is 0.